The van der Waals surface area contributed by atoms with Crippen LogP contribution in [0.5, 0.6) is 5.75 Å². The molecule has 1 aromatic carbocycles. The second-order valence-electron chi connectivity index (χ2n) is 5.24. The predicted octanol–water partition coefficient (Wildman–Crippen LogP) is 3.44. The molecule has 2 aromatic rings. The van der Waals surface area contributed by atoms with Crippen molar-refractivity contribution in [3.63, 3.8) is 0 Å². The van der Waals surface area contributed by atoms with Gasteiger partial charge in [0.15, 0.2) is 11.6 Å². The van der Waals surface area contributed by atoms with E-state index >= 15 is 0 Å². The number of hydrogen-bond donors (Lipinski definition) is 2. The number of carbonyl (C=O) groups is 1. The molecule has 0 saturated carbocycles. The van der Waals surface area contributed by atoms with Crippen molar-refractivity contribution in [2.45, 2.75) is 6.42 Å². The molecule has 3 N–H and O–H groups in total. The number of aromatic nitrogens is 1. The molecule has 1 aromatic heterocycles. The van der Waals surface area contributed by atoms with Gasteiger partial charge in [-0.05, 0) is 17.7 Å². The summed E-state index contributed by atoms with van der Waals surface area (Å²) in [5.41, 5.74) is 6.81. The molecule has 0 radical (unpaired) electrons. The largest absolute Gasteiger partial charge is 0.489 e. The number of ether oxygens (including phenoxy) is 1. The molecule has 0 spiro atoms. The van der Waals surface area contributed by atoms with E-state index in [1.807, 2.05) is 0 Å². The molecule has 1 heterocycles. The third-order valence-corrected chi connectivity index (χ3v) is 4.36. The summed E-state index contributed by atoms with van der Waals surface area (Å²) in [5.74, 6) is 5.13. The predicted molar refractivity (Wildman–Crippen MR) is 105 cm³/mol. The highest BCUT2D eigenvalue weighted by Gasteiger charge is 2.11. The summed E-state index contributed by atoms with van der Waals surface area (Å²) >= 11 is 17.3. The first-order valence-electron chi connectivity index (χ1n) is 7.74. The number of halogens is 4. The Bertz CT molecular complexity index is 897. The number of nitrogens with one attached hydrogen (secondary N) is 1. The standard InChI is InChI=1S/C18H15Cl3FN3O2/c19-9-16(26)24-6-1-2-11-8-15(18(23)25-10-11)27-7-5-12-13(20)3-4-14(22)17(12)21/h3-4,8,10H,5-7,9H2,(H2,23,25)(H,24,26). The Kier molecular flexibility index (Phi) is 7.99. The second-order valence-corrected chi connectivity index (χ2v) is 6.29. The minimum Gasteiger partial charge on any atom is -0.489 e. The van der Waals surface area contributed by atoms with Gasteiger partial charge in [0, 0.05) is 29.3 Å². The smallest absolute Gasteiger partial charge is 0.235 e. The first kappa shape index (κ1) is 21.1. The lowest BCUT2D eigenvalue weighted by molar-refractivity contribution is -0.118. The van der Waals surface area contributed by atoms with Gasteiger partial charge in [0.1, 0.15) is 11.7 Å². The first-order chi connectivity index (χ1) is 12.9. The third kappa shape index (κ3) is 6.17. The highest BCUT2D eigenvalue weighted by Crippen LogP contribution is 2.28. The fourth-order valence-corrected chi connectivity index (χ4v) is 2.69. The first-order valence-corrected chi connectivity index (χ1v) is 9.03. The van der Waals surface area contributed by atoms with Gasteiger partial charge in [0.25, 0.3) is 0 Å². The number of nitrogens with zero attached hydrogens (tertiary/aromatic N) is 1. The Balaban J connectivity index is 2.00. The van der Waals surface area contributed by atoms with Crippen molar-refractivity contribution in [2.75, 3.05) is 24.8 Å². The number of nitrogen functional groups attached to an aromatic ring is 1. The van der Waals surface area contributed by atoms with E-state index in [1.165, 1.54) is 18.3 Å². The highest BCUT2D eigenvalue weighted by molar-refractivity contribution is 6.36. The van der Waals surface area contributed by atoms with Crippen LogP contribution in [0.15, 0.2) is 24.4 Å². The molecule has 27 heavy (non-hydrogen) atoms. The van der Waals surface area contributed by atoms with Gasteiger partial charge in [0.05, 0.1) is 18.2 Å². The average molecular weight is 431 g/mol. The summed E-state index contributed by atoms with van der Waals surface area (Å²) in [6.45, 7) is 0.320. The molecule has 2 rings (SSSR count). The molecule has 0 aliphatic heterocycles. The Morgan fingerprint density at radius 2 is 2.15 bits per heavy atom. The zero-order valence-corrected chi connectivity index (χ0v) is 16.3. The van der Waals surface area contributed by atoms with Crippen molar-refractivity contribution in [1.29, 1.82) is 0 Å². The quantitative estimate of drug-likeness (QED) is 0.418. The van der Waals surface area contributed by atoms with Crippen LogP contribution >= 0.6 is 34.8 Å². The summed E-state index contributed by atoms with van der Waals surface area (Å²) in [4.78, 5) is 15.0. The van der Waals surface area contributed by atoms with E-state index in [-0.39, 0.29) is 42.2 Å². The van der Waals surface area contributed by atoms with E-state index in [9.17, 15) is 9.18 Å². The number of carbonyl (C=O) groups excluding carboxylic acids is 1. The van der Waals surface area contributed by atoms with Crippen molar-refractivity contribution in [3.05, 3.63) is 51.4 Å². The summed E-state index contributed by atoms with van der Waals surface area (Å²) in [6, 6.07) is 4.26. The number of benzene rings is 1. The lowest BCUT2D eigenvalue weighted by atomic mass is 10.1. The number of alkyl halides is 1. The summed E-state index contributed by atoms with van der Waals surface area (Å²) < 4.78 is 19.1. The topological polar surface area (TPSA) is 77.2 Å². The minimum atomic E-state index is -0.546. The Labute approximate surface area is 171 Å². The molecule has 0 bridgehead atoms. The monoisotopic (exact) mass is 429 g/mol. The van der Waals surface area contributed by atoms with E-state index in [2.05, 4.69) is 22.1 Å². The maximum atomic E-state index is 13.5. The lowest BCUT2D eigenvalue weighted by Crippen LogP contribution is -2.24. The molecule has 1 amide bonds. The van der Waals surface area contributed by atoms with Gasteiger partial charge >= 0.3 is 0 Å². The van der Waals surface area contributed by atoms with E-state index < -0.39 is 5.82 Å². The van der Waals surface area contributed by atoms with Crippen LogP contribution in [0.2, 0.25) is 10.0 Å². The second kappa shape index (κ2) is 10.2. The highest BCUT2D eigenvalue weighted by atomic mass is 35.5. The number of anilines is 1. The van der Waals surface area contributed by atoms with Crippen LogP contribution in [0.25, 0.3) is 0 Å². The van der Waals surface area contributed by atoms with Crippen molar-refractivity contribution in [2.24, 2.45) is 0 Å². The number of hydrogen-bond acceptors (Lipinski definition) is 4. The maximum Gasteiger partial charge on any atom is 0.235 e. The number of amides is 1. The number of rotatable bonds is 6. The van der Waals surface area contributed by atoms with Gasteiger partial charge in [-0.15, -0.1) is 11.6 Å². The Hall–Kier alpha value is -2.20. The van der Waals surface area contributed by atoms with Crippen molar-refractivity contribution in [3.8, 4) is 17.6 Å². The van der Waals surface area contributed by atoms with Crippen LogP contribution < -0.4 is 15.8 Å². The molecule has 0 aliphatic rings. The zero-order valence-electron chi connectivity index (χ0n) is 14.0. The minimum absolute atomic E-state index is 0.0317. The molecule has 0 aliphatic carbocycles. The Morgan fingerprint density at radius 3 is 2.89 bits per heavy atom. The molecule has 9 heteroatoms. The Morgan fingerprint density at radius 1 is 1.37 bits per heavy atom. The molecule has 142 valence electrons. The van der Waals surface area contributed by atoms with Crippen molar-refractivity contribution < 1.29 is 13.9 Å². The zero-order chi connectivity index (χ0) is 19.8. The van der Waals surface area contributed by atoms with Gasteiger partial charge in [0.2, 0.25) is 5.91 Å². The van der Waals surface area contributed by atoms with Gasteiger partial charge in [-0.25, -0.2) is 9.37 Å². The fourth-order valence-electron chi connectivity index (χ4n) is 2.04. The molecule has 0 fully saturated rings. The van der Waals surface area contributed by atoms with Crippen LogP contribution in [-0.4, -0.2) is 29.9 Å². The third-order valence-electron chi connectivity index (χ3n) is 3.36. The van der Waals surface area contributed by atoms with Crippen LogP contribution in [0.3, 0.4) is 0 Å². The summed E-state index contributed by atoms with van der Waals surface area (Å²) in [6.07, 6.45) is 1.77. The molecule has 0 atom stereocenters. The van der Waals surface area contributed by atoms with Crippen LogP contribution in [0.4, 0.5) is 10.2 Å². The molecular weight excluding hydrogens is 416 g/mol. The van der Waals surface area contributed by atoms with E-state index in [1.54, 1.807) is 6.07 Å². The number of nitrogens with two attached hydrogens (primary N) is 1. The SMILES string of the molecule is Nc1ncc(C#CCNC(=O)CCl)cc1OCCc1c(Cl)ccc(F)c1Cl. The van der Waals surface area contributed by atoms with Gasteiger partial charge in [-0.1, -0.05) is 35.0 Å². The lowest BCUT2D eigenvalue weighted by Gasteiger charge is -2.11. The normalized spacial score (nSPS) is 10.1. The van der Waals surface area contributed by atoms with Crippen molar-refractivity contribution >= 4 is 46.5 Å². The van der Waals surface area contributed by atoms with Crippen LogP contribution in [0, 0.1) is 17.7 Å². The van der Waals surface area contributed by atoms with Gasteiger partial charge < -0.3 is 15.8 Å². The van der Waals surface area contributed by atoms with E-state index in [4.69, 9.17) is 45.3 Å². The summed E-state index contributed by atoms with van der Waals surface area (Å²) in [7, 11) is 0. The molecule has 0 unspecified atom stereocenters. The van der Waals surface area contributed by atoms with E-state index in [0.29, 0.717) is 21.9 Å². The average Bonchev–Trinajstić information content (AvgIpc) is 2.66. The van der Waals surface area contributed by atoms with Gasteiger partial charge in [-0.3, -0.25) is 4.79 Å². The maximum absolute atomic E-state index is 13.5. The van der Waals surface area contributed by atoms with Crippen molar-refractivity contribution in [1.82, 2.24) is 10.3 Å². The molecule has 0 saturated heterocycles. The van der Waals surface area contributed by atoms with Crippen LogP contribution in [0.1, 0.15) is 11.1 Å². The fraction of sp³-hybridized carbons (Fsp3) is 0.222. The van der Waals surface area contributed by atoms with Gasteiger partial charge in [-0.2, -0.15) is 0 Å². The number of pyridine rings is 1. The van der Waals surface area contributed by atoms with Crippen LogP contribution in [-0.2, 0) is 11.2 Å². The molecular formula is C18H15Cl3FN3O2. The van der Waals surface area contributed by atoms with E-state index in [0.717, 1.165) is 0 Å². The molecule has 5 nitrogen and oxygen atoms in total. The summed E-state index contributed by atoms with van der Waals surface area (Å²) in [5, 5.41) is 2.84.